The number of nitrogens with one attached hydrogen (secondary N) is 3. The molecule has 15 nitrogen and oxygen atoms in total. The number of fused-ring (bicyclic) bond motifs is 2. The highest BCUT2D eigenvalue weighted by Crippen LogP contribution is 2.48. The van der Waals surface area contributed by atoms with Crippen molar-refractivity contribution >= 4 is 85.9 Å². The first-order valence-corrected chi connectivity index (χ1v) is 24.0. The number of carbonyl (C=O) groups excluding carboxylic acids is 3. The quantitative estimate of drug-likeness (QED) is 0.0833. The van der Waals surface area contributed by atoms with Crippen molar-refractivity contribution < 1.29 is 33.3 Å². The largest absolute Gasteiger partial charge is 0.495 e. The Labute approximate surface area is 426 Å². The summed E-state index contributed by atoms with van der Waals surface area (Å²) < 4.78 is 21.5. The van der Waals surface area contributed by atoms with E-state index in [0.29, 0.717) is 92.0 Å². The number of rotatable bonds is 15. The van der Waals surface area contributed by atoms with Crippen LogP contribution in [-0.2, 0) is 27.2 Å². The summed E-state index contributed by atoms with van der Waals surface area (Å²) in [6.07, 6.45) is 8.04. The Kier molecular flexibility index (Phi) is 17.3. The number of halogens is 4. The van der Waals surface area contributed by atoms with Gasteiger partial charge >= 0.3 is 0 Å². The summed E-state index contributed by atoms with van der Waals surface area (Å²) in [5.74, 6) is 3.72. The van der Waals surface area contributed by atoms with Gasteiger partial charge in [0.15, 0.2) is 0 Å². The van der Waals surface area contributed by atoms with E-state index < -0.39 is 0 Å². The third-order valence-corrected chi connectivity index (χ3v) is 13.9. The number of nitrogens with zero attached hydrogens (tertiary/aromatic N) is 5. The van der Waals surface area contributed by atoms with Crippen molar-refractivity contribution in [2.45, 2.75) is 51.6 Å². The van der Waals surface area contributed by atoms with Gasteiger partial charge in [0.25, 0.3) is 0 Å². The number of benzene rings is 4. The molecule has 6 aromatic rings. The number of amides is 3. The van der Waals surface area contributed by atoms with Crippen LogP contribution < -0.4 is 34.9 Å². The number of carbonyl (C=O) groups is 3. The average molecular weight is 1030 g/mol. The molecule has 4 aromatic carbocycles. The van der Waals surface area contributed by atoms with E-state index in [4.69, 9.17) is 75.3 Å². The van der Waals surface area contributed by atoms with Gasteiger partial charge in [0.2, 0.25) is 17.7 Å². The maximum absolute atomic E-state index is 12.3. The zero-order valence-electron chi connectivity index (χ0n) is 39.6. The number of ether oxygens (including phenoxy) is 4. The highest BCUT2D eigenvalue weighted by Gasteiger charge is 2.35. The summed E-state index contributed by atoms with van der Waals surface area (Å²) in [4.78, 5) is 55.3. The van der Waals surface area contributed by atoms with E-state index >= 15 is 0 Å². The van der Waals surface area contributed by atoms with Crippen molar-refractivity contribution in [1.82, 2.24) is 40.8 Å². The SMILES string of the molecule is C=CC(=O)N1C[C@@H](Cc2ncc3cc(-c4c(Cl)c(OC)cc(OC)c4Cl)ccc3n2)C[C@H]1CNC(C)=O.COc1cc(OC)c(Cl)c(-c2ccc3nc(C[C@@H]4CN[C@H](CNC(C)=O)C4)ncc3c2)c1Cl. The zero-order chi connectivity index (χ0) is 50.2. The zero-order valence-corrected chi connectivity index (χ0v) is 42.7. The van der Waals surface area contributed by atoms with E-state index in [0.717, 1.165) is 64.6 Å². The van der Waals surface area contributed by atoms with Crippen molar-refractivity contribution in [2.75, 3.05) is 54.6 Å². The molecule has 0 aliphatic carbocycles. The predicted octanol–water partition coefficient (Wildman–Crippen LogP) is 8.98. The molecule has 368 valence electrons. The molecule has 2 fully saturated rings. The Bertz CT molecular complexity index is 2890. The molecular weight excluding hydrogens is 978 g/mol. The molecule has 70 heavy (non-hydrogen) atoms. The first kappa shape index (κ1) is 51.9. The maximum atomic E-state index is 12.3. The number of hydrogen-bond acceptors (Lipinski definition) is 12. The van der Waals surface area contributed by atoms with Gasteiger partial charge in [0.1, 0.15) is 34.6 Å². The third kappa shape index (κ3) is 12.0. The van der Waals surface area contributed by atoms with Crippen LogP contribution in [0.4, 0.5) is 0 Å². The second kappa shape index (κ2) is 23.3. The summed E-state index contributed by atoms with van der Waals surface area (Å²) in [5, 5.41) is 12.5. The highest BCUT2D eigenvalue weighted by atomic mass is 35.5. The number of aromatic nitrogens is 4. The molecule has 19 heteroatoms. The van der Waals surface area contributed by atoms with E-state index in [1.165, 1.54) is 34.1 Å². The van der Waals surface area contributed by atoms with Crippen LogP contribution in [-0.4, -0.2) is 109 Å². The van der Waals surface area contributed by atoms with Crippen molar-refractivity contribution in [3.8, 4) is 45.3 Å². The number of methoxy groups -OCH3 is 4. The van der Waals surface area contributed by atoms with Gasteiger partial charge in [-0.05, 0) is 72.7 Å². The van der Waals surface area contributed by atoms with Gasteiger partial charge in [-0.25, -0.2) is 19.9 Å². The lowest BCUT2D eigenvalue weighted by Crippen LogP contribution is -2.42. The molecule has 3 N–H and O–H groups in total. The standard InChI is InChI=1S/C27H28Cl2N4O4.C24H26Cl2N4O3/c1-5-24(35)33-14-16(8-19(33)13-30-15(2)34)9-23-31-12-18-10-17(6-7-20(18)32-23)25-26(28)21(36-3)11-22(37-4)27(25)29;1-13(31)27-12-17-6-14(10-28-17)7-21-29-11-16-8-15(4-5-18(16)30-21)22-23(25)19(32-2)9-20(33-3)24(22)26/h5-7,10-12,16,19H,1,8-9,13-14H2,2-4H3,(H,30,34);4-5,8-9,11,14,17,28H,6-7,10,12H2,1-3H3,(H,27,31)/t16-,19+;14-,17+/m11/s1. The highest BCUT2D eigenvalue weighted by molar-refractivity contribution is 6.42. The Balaban J connectivity index is 0.000000208. The van der Waals surface area contributed by atoms with Gasteiger partial charge in [-0.15, -0.1) is 0 Å². The molecule has 0 unspecified atom stereocenters. The average Bonchev–Trinajstić information content (AvgIpc) is 3.99. The van der Waals surface area contributed by atoms with Gasteiger partial charge in [0.05, 0.1) is 59.6 Å². The fourth-order valence-electron chi connectivity index (χ4n) is 8.93. The second-order valence-electron chi connectivity index (χ2n) is 17.1. The van der Waals surface area contributed by atoms with E-state index in [1.807, 2.05) is 42.6 Å². The third-order valence-electron chi connectivity index (χ3n) is 12.4. The van der Waals surface area contributed by atoms with E-state index in [9.17, 15) is 14.4 Å². The molecule has 2 aliphatic heterocycles. The molecule has 2 aliphatic rings. The van der Waals surface area contributed by atoms with Crippen LogP contribution in [0.15, 0.2) is 73.6 Å². The van der Waals surface area contributed by atoms with Gasteiger partial charge in [-0.3, -0.25) is 14.4 Å². The second-order valence-corrected chi connectivity index (χ2v) is 18.6. The minimum Gasteiger partial charge on any atom is -0.495 e. The van der Waals surface area contributed by atoms with Crippen LogP contribution in [0.3, 0.4) is 0 Å². The molecule has 4 heterocycles. The summed E-state index contributed by atoms with van der Waals surface area (Å²) in [5.41, 5.74) is 4.49. The van der Waals surface area contributed by atoms with Crippen LogP contribution in [0.25, 0.3) is 44.1 Å². The minimum absolute atomic E-state index is 0.00699. The summed E-state index contributed by atoms with van der Waals surface area (Å²) in [6.45, 7) is 9.11. The molecule has 0 spiro atoms. The lowest BCUT2D eigenvalue weighted by Gasteiger charge is -2.23. The van der Waals surface area contributed by atoms with Crippen LogP contribution in [0.5, 0.6) is 23.0 Å². The van der Waals surface area contributed by atoms with Crippen molar-refractivity contribution in [2.24, 2.45) is 11.8 Å². The number of hydrogen-bond donors (Lipinski definition) is 3. The molecule has 0 bridgehead atoms. The monoisotopic (exact) mass is 1030 g/mol. The van der Waals surface area contributed by atoms with E-state index in [-0.39, 0.29) is 35.7 Å². The van der Waals surface area contributed by atoms with Crippen LogP contribution >= 0.6 is 46.4 Å². The molecule has 4 atom stereocenters. The molecular formula is C51H54Cl4N8O7. The van der Waals surface area contributed by atoms with Gasteiger partial charge in [0, 0.05) is 105 Å². The topological polar surface area (TPSA) is 179 Å². The molecule has 2 aromatic heterocycles. The van der Waals surface area contributed by atoms with Crippen molar-refractivity contribution in [3.05, 3.63) is 105 Å². The fourth-order valence-corrected chi connectivity index (χ4v) is 10.4. The van der Waals surface area contributed by atoms with Gasteiger partial charge in [-0.2, -0.15) is 0 Å². The summed E-state index contributed by atoms with van der Waals surface area (Å²) in [7, 11) is 6.17. The lowest BCUT2D eigenvalue weighted by molar-refractivity contribution is -0.127. The van der Waals surface area contributed by atoms with Gasteiger partial charge in [-0.1, -0.05) is 65.1 Å². The normalized spacial score (nSPS) is 17.4. The Hall–Kier alpha value is -5.97. The van der Waals surface area contributed by atoms with E-state index in [1.54, 1.807) is 37.4 Å². The fraction of sp³-hybridized carbons (Fsp3) is 0.353. The maximum Gasteiger partial charge on any atom is 0.246 e. The molecule has 0 radical (unpaired) electrons. The Morgan fingerprint density at radius 3 is 1.59 bits per heavy atom. The summed E-state index contributed by atoms with van der Waals surface area (Å²) >= 11 is 26.3. The Morgan fingerprint density at radius 1 is 0.686 bits per heavy atom. The van der Waals surface area contributed by atoms with E-state index in [2.05, 4.69) is 32.5 Å². The summed E-state index contributed by atoms with van der Waals surface area (Å²) in [6, 6.07) is 15.1. The first-order chi connectivity index (χ1) is 33.6. The smallest absolute Gasteiger partial charge is 0.246 e. The van der Waals surface area contributed by atoms with Crippen molar-refractivity contribution in [1.29, 1.82) is 0 Å². The molecule has 3 amide bonds. The van der Waals surface area contributed by atoms with Gasteiger partial charge < -0.3 is 39.8 Å². The van der Waals surface area contributed by atoms with Crippen LogP contribution in [0.1, 0.15) is 38.3 Å². The molecule has 8 rings (SSSR count). The molecule has 2 saturated heterocycles. The predicted molar refractivity (Wildman–Crippen MR) is 275 cm³/mol. The number of likely N-dealkylation sites (tertiary alicyclic amines) is 1. The van der Waals surface area contributed by atoms with Crippen molar-refractivity contribution in [3.63, 3.8) is 0 Å². The first-order valence-electron chi connectivity index (χ1n) is 22.5. The van der Waals surface area contributed by atoms with Crippen LogP contribution in [0, 0.1) is 11.8 Å². The molecule has 0 saturated carbocycles. The minimum atomic E-state index is -0.142. The lowest BCUT2D eigenvalue weighted by atomic mass is 10.0. The Morgan fingerprint density at radius 2 is 1.14 bits per heavy atom. The van der Waals surface area contributed by atoms with Crippen LogP contribution in [0.2, 0.25) is 20.1 Å².